The second-order valence-corrected chi connectivity index (χ2v) is 8.04. The molecule has 0 saturated carbocycles. The SMILES string of the molecule is CCNc1ccccc1C(=C1CCN(CC)CC1)c1ccc(C(=O)N(CC)CC)cc1. The predicted molar refractivity (Wildman–Crippen MR) is 132 cm³/mol. The van der Waals surface area contributed by atoms with E-state index >= 15 is 0 Å². The van der Waals surface area contributed by atoms with E-state index in [2.05, 4.69) is 60.5 Å². The number of likely N-dealkylation sites (tertiary alicyclic amines) is 1. The Hall–Kier alpha value is -2.59. The molecule has 1 heterocycles. The van der Waals surface area contributed by atoms with Crippen LogP contribution in [0.3, 0.4) is 0 Å². The number of carbonyl (C=O) groups excluding carboxylic acids is 1. The maximum Gasteiger partial charge on any atom is 0.253 e. The molecule has 2 aromatic rings. The Balaban J connectivity index is 2.03. The first-order chi connectivity index (χ1) is 15.1. The first kappa shape index (κ1) is 23.1. The van der Waals surface area contributed by atoms with Crippen molar-refractivity contribution in [1.29, 1.82) is 0 Å². The molecule has 0 atom stereocenters. The number of anilines is 1. The first-order valence-electron chi connectivity index (χ1n) is 11.8. The molecule has 1 fully saturated rings. The second-order valence-electron chi connectivity index (χ2n) is 8.04. The summed E-state index contributed by atoms with van der Waals surface area (Å²) in [6.45, 7) is 14.1. The zero-order valence-corrected chi connectivity index (χ0v) is 19.6. The average molecular weight is 420 g/mol. The van der Waals surface area contributed by atoms with Gasteiger partial charge in [-0.2, -0.15) is 0 Å². The van der Waals surface area contributed by atoms with E-state index in [0.29, 0.717) is 0 Å². The van der Waals surface area contributed by atoms with Crippen molar-refractivity contribution in [3.05, 3.63) is 70.8 Å². The van der Waals surface area contributed by atoms with Gasteiger partial charge in [0.25, 0.3) is 5.91 Å². The molecule has 2 aromatic carbocycles. The Morgan fingerprint density at radius 1 is 0.903 bits per heavy atom. The lowest BCUT2D eigenvalue weighted by Crippen LogP contribution is -2.31. The molecule has 0 unspecified atom stereocenters. The van der Waals surface area contributed by atoms with Crippen molar-refractivity contribution in [3.63, 3.8) is 0 Å². The number of hydrogen-bond donors (Lipinski definition) is 1. The highest BCUT2D eigenvalue weighted by atomic mass is 16.2. The largest absolute Gasteiger partial charge is 0.385 e. The minimum Gasteiger partial charge on any atom is -0.385 e. The van der Waals surface area contributed by atoms with Crippen molar-refractivity contribution in [1.82, 2.24) is 9.80 Å². The lowest BCUT2D eigenvalue weighted by Gasteiger charge is -2.29. The third-order valence-corrected chi connectivity index (χ3v) is 6.30. The number of piperidine rings is 1. The zero-order chi connectivity index (χ0) is 22.2. The Labute approximate surface area is 187 Å². The Morgan fingerprint density at radius 3 is 2.10 bits per heavy atom. The Kier molecular flexibility index (Phi) is 8.30. The molecule has 4 heteroatoms. The molecule has 0 aromatic heterocycles. The van der Waals surface area contributed by atoms with Crippen LogP contribution in [0.5, 0.6) is 0 Å². The summed E-state index contributed by atoms with van der Waals surface area (Å²) in [5, 5.41) is 3.54. The number of rotatable bonds is 8. The molecular formula is C27H37N3O. The number of para-hydroxylation sites is 1. The summed E-state index contributed by atoms with van der Waals surface area (Å²) < 4.78 is 0. The molecule has 1 saturated heterocycles. The highest BCUT2D eigenvalue weighted by Gasteiger charge is 2.20. The average Bonchev–Trinajstić information content (AvgIpc) is 2.82. The molecule has 3 rings (SSSR count). The van der Waals surface area contributed by atoms with Crippen molar-refractivity contribution < 1.29 is 4.79 Å². The highest BCUT2D eigenvalue weighted by molar-refractivity contribution is 5.95. The number of nitrogens with one attached hydrogen (secondary N) is 1. The van der Waals surface area contributed by atoms with Crippen LogP contribution in [0.15, 0.2) is 54.1 Å². The van der Waals surface area contributed by atoms with Crippen LogP contribution in [0.25, 0.3) is 5.57 Å². The third kappa shape index (κ3) is 5.37. The lowest BCUT2D eigenvalue weighted by atomic mass is 9.87. The van der Waals surface area contributed by atoms with Gasteiger partial charge in [-0.1, -0.05) is 42.8 Å². The van der Waals surface area contributed by atoms with E-state index in [4.69, 9.17) is 0 Å². The van der Waals surface area contributed by atoms with Crippen LogP contribution in [0.4, 0.5) is 5.69 Å². The van der Waals surface area contributed by atoms with Gasteiger partial charge in [0.15, 0.2) is 0 Å². The number of amides is 1. The molecule has 0 bridgehead atoms. The van der Waals surface area contributed by atoms with Gasteiger partial charge in [0.1, 0.15) is 0 Å². The third-order valence-electron chi connectivity index (χ3n) is 6.30. The minimum absolute atomic E-state index is 0.107. The molecule has 1 N–H and O–H groups in total. The predicted octanol–water partition coefficient (Wildman–Crippen LogP) is 5.52. The second kappa shape index (κ2) is 11.1. The Bertz CT molecular complexity index is 887. The molecule has 166 valence electrons. The summed E-state index contributed by atoms with van der Waals surface area (Å²) in [4.78, 5) is 17.2. The van der Waals surface area contributed by atoms with Gasteiger partial charge >= 0.3 is 0 Å². The fraction of sp³-hybridized carbons (Fsp3) is 0.444. The van der Waals surface area contributed by atoms with Crippen LogP contribution >= 0.6 is 0 Å². The fourth-order valence-corrected chi connectivity index (χ4v) is 4.46. The molecule has 31 heavy (non-hydrogen) atoms. The van der Waals surface area contributed by atoms with Gasteiger partial charge in [-0.25, -0.2) is 0 Å². The minimum atomic E-state index is 0.107. The lowest BCUT2D eigenvalue weighted by molar-refractivity contribution is 0.0773. The highest BCUT2D eigenvalue weighted by Crippen LogP contribution is 2.36. The molecule has 0 spiro atoms. The summed E-state index contributed by atoms with van der Waals surface area (Å²) >= 11 is 0. The summed E-state index contributed by atoms with van der Waals surface area (Å²) in [6, 6.07) is 16.9. The molecule has 1 aliphatic heterocycles. The van der Waals surface area contributed by atoms with Crippen LogP contribution < -0.4 is 5.32 Å². The monoisotopic (exact) mass is 419 g/mol. The van der Waals surface area contributed by atoms with Gasteiger partial charge in [-0.3, -0.25) is 4.79 Å². The molecule has 0 radical (unpaired) electrons. The standard InChI is InChI=1S/C27H37N3O/c1-5-28-25-12-10-9-11-24(25)26(22-17-19-29(6-2)20-18-22)21-13-15-23(16-14-21)27(31)30(7-3)8-4/h9-16,28H,5-8,17-20H2,1-4H3. The molecule has 0 aliphatic carbocycles. The van der Waals surface area contributed by atoms with Gasteiger partial charge in [0.05, 0.1) is 0 Å². The fourth-order valence-electron chi connectivity index (χ4n) is 4.46. The van der Waals surface area contributed by atoms with Crippen molar-refractivity contribution in [2.24, 2.45) is 0 Å². The van der Waals surface area contributed by atoms with E-state index in [1.807, 2.05) is 30.9 Å². The number of nitrogens with zero attached hydrogens (tertiary/aromatic N) is 2. The maximum atomic E-state index is 12.8. The van der Waals surface area contributed by atoms with Crippen molar-refractivity contribution in [3.8, 4) is 0 Å². The van der Waals surface area contributed by atoms with Crippen LogP contribution in [-0.4, -0.2) is 55.0 Å². The first-order valence-corrected chi connectivity index (χ1v) is 11.8. The quantitative estimate of drug-likeness (QED) is 0.612. The number of benzene rings is 2. The van der Waals surface area contributed by atoms with Crippen molar-refractivity contribution in [2.45, 2.75) is 40.5 Å². The van der Waals surface area contributed by atoms with Crippen LogP contribution in [0.2, 0.25) is 0 Å². The van der Waals surface area contributed by atoms with E-state index in [0.717, 1.165) is 57.7 Å². The van der Waals surface area contributed by atoms with Gasteiger partial charge in [-0.15, -0.1) is 0 Å². The topological polar surface area (TPSA) is 35.6 Å². The van der Waals surface area contributed by atoms with Gasteiger partial charge < -0.3 is 15.1 Å². The van der Waals surface area contributed by atoms with Crippen molar-refractivity contribution in [2.75, 3.05) is 44.6 Å². The van der Waals surface area contributed by atoms with E-state index in [-0.39, 0.29) is 5.91 Å². The van der Waals surface area contributed by atoms with E-state index in [9.17, 15) is 4.79 Å². The normalized spacial score (nSPS) is 14.4. The van der Waals surface area contributed by atoms with Crippen LogP contribution in [0, 0.1) is 0 Å². The van der Waals surface area contributed by atoms with E-state index in [1.54, 1.807) is 0 Å². The van der Waals surface area contributed by atoms with E-state index in [1.165, 1.54) is 28.0 Å². The van der Waals surface area contributed by atoms with Gasteiger partial charge in [0, 0.05) is 49.5 Å². The summed E-state index contributed by atoms with van der Waals surface area (Å²) in [5.74, 6) is 0.107. The summed E-state index contributed by atoms with van der Waals surface area (Å²) in [5.41, 5.74) is 7.23. The molecular weight excluding hydrogens is 382 g/mol. The summed E-state index contributed by atoms with van der Waals surface area (Å²) in [6.07, 6.45) is 2.17. The number of hydrogen-bond acceptors (Lipinski definition) is 3. The summed E-state index contributed by atoms with van der Waals surface area (Å²) in [7, 11) is 0. The van der Waals surface area contributed by atoms with Gasteiger partial charge in [0.2, 0.25) is 0 Å². The smallest absolute Gasteiger partial charge is 0.253 e. The molecule has 4 nitrogen and oxygen atoms in total. The van der Waals surface area contributed by atoms with Crippen LogP contribution in [-0.2, 0) is 0 Å². The molecule has 1 amide bonds. The van der Waals surface area contributed by atoms with E-state index < -0.39 is 0 Å². The van der Waals surface area contributed by atoms with Crippen molar-refractivity contribution >= 4 is 17.2 Å². The number of carbonyl (C=O) groups is 1. The zero-order valence-electron chi connectivity index (χ0n) is 19.6. The maximum absolute atomic E-state index is 12.8. The van der Waals surface area contributed by atoms with Crippen LogP contribution in [0.1, 0.15) is 62.0 Å². The Morgan fingerprint density at radius 2 is 1.52 bits per heavy atom. The molecule has 1 aliphatic rings. The van der Waals surface area contributed by atoms with Gasteiger partial charge in [-0.05, 0) is 69.5 Å².